The Morgan fingerprint density at radius 3 is 2.40 bits per heavy atom. The summed E-state index contributed by atoms with van der Waals surface area (Å²) >= 11 is 5.23. The Hall–Kier alpha value is -1.23. The largest absolute Gasteiger partial charge is 0.416 e. The maximum absolute atomic E-state index is 12.3. The number of alkyl halides is 4. The van der Waals surface area contributed by atoms with Crippen LogP contribution in [0.15, 0.2) is 18.2 Å². The molecule has 1 aromatic rings. The van der Waals surface area contributed by atoms with Crippen LogP contribution in [-0.2, 0) is 6.18 Å². The number of nitrogens with two attached hydrogens (primary N) is 1. The lowest BCUT2D eigenvalue weighted by atomic mass is 10.1. The second-order valence-electron chi connectivity index (χ2n) is 2.90. The van der Waals surface area contributed by atoms with Gasteiger partial charge in [-0.3, -0.25) is 4.79 Å². The first-order chi connectivity index (χ1) is 6.84. The lowest BCUT2D eigenvalue weighted by Gasteiger charge is -2.09. The molecular weight excluding hydrogens is 231 g/mol. The van der Waals surface area contributed by atoms with Gasteiger partial charge in [0, 0.05) is 11.3 Å². The first kappa shape index (κ1) is 11.8. The smallest absolute Gasteiger partial charge is 0.399 e. The Balaban J connectivity index is 3.23. The standard InChI is InChI=1S/C9H7ClF3NO/c10-4-8(15)5-1-6(9(11,12)13)3-7(14)2-5/h1-3H,4,14H2. The van der Waals surface area contributed by atoms with Crippen molar-refractivity contribution >= 4 is 23.1 Å². The number of Topliss-reactive ketones (excluding diaryl/α,β-unsaturated/α-hetero) is 1. The van der Waals surface area contributed by atoms with Crippen LogP contribution < -0.4 is 5.73 Å². The van der Waals surface area contributed by atoms with Crippen molar-refractivity contribution in [1.82, 2.24) is 0 Å². The minimum Gasteiger partial charge on any atom is -0.399 e. The Bertz CT molecular complexity index is 389. The second-order valence-corrected chi connectivity index (χ2v) is 3.17. The highest BCUT2D eigenvalue weighted by atomic mass is 35.5. The maximum atomic E-state index is 12.3. The van der Waals surface area contributed by atoms with Gasteiger partial charge in [0.2, 0.25) is 0 Å². The van der Waals surface area contributed by atoms with Crippen LogP contribution in [0.5, 0.6) is 0 Å². The summed E-state index contributed by atoms with van der Waals surface area (Å²) in [6.45, 7) is 0. The average Bonchev–Trinajstić information content (AvgIpc) is 2.14. The first-order valence-corrected chi connectivity index (χ1v) is 4.45. The van der Waals surface area contributed by atoms with E-state index in [2.05, 4.69) is 0 Å². The number of ketones is 1. The van der Waals surface area contributed by atoms with Crippen LogP contribution in [0.25, 0.3) is 0 Å². The van der Waals surface area contributed by atoms with Gasteiger partial charge >= 0.3 is 6.18 Å². The van der Waals surface area contributed by atoms with Crippen molar-refractivity contribution in [3.63, 3.8) is 0 Å². The first-order valence-electron chi connectivity index (χ1n) is 3.91. The molecule has 0 aliphatic carbocycles. The third-order valence-corrected chi connectivity index (χ3v) is 1.97. The fourth-order valence-corrected chi connectivity index (χ4v) is 1.21. The quantitative estimate of drug-likeness (QED) is 0.488. The molecule has 1 aromatic carbocycles. The Labute approximate surface area is 88.8 Å². The summed E-state index contributed by atoms with van der Waals surface area (Å²) < 4.78 is 36.9. The van der Waals surface area contributed by atoms with Gasteiger partial charge in [0.1, 0.15) is 0 Å². The molecular formula is C9H7ClF3NO. The van der Waals surface area contributed by atoms with E-state index in [0.29, 0.717) is 0 Å². The van der Waals surface area contributed by atoms with Crippen molar-refractivity contribution in [2.24, 2.45) is 0 Å². The molecule has 0 atom stereocenters. The summed E-state index contributed by atoms with van der Waals surface area (Å²) in [6, 6.07) is 2.67. The van der Waals surface area contributed by atoms with E-state index in [9.17, 15) is 18.0 Å². The van der Waals surface area contributed by atoms with Crippen molar-refractivity contribution in [1.29, 1.82) is 0 Å². The molecule has 1 rings (SSSR count). The van der Waals surface area contributed by atoms with E-state index in [-0.39, 0.29) is 17.1 Å². The molecule has 2 nitrogen and oxygen atoms in total. The molecule has 0 amide bonds. The van der Waals surface area contributed by atoms with E-state index >= 15 is 0 Å². The zero-order valence-electron chi connectivity index (χ0n) is 7.44. The molecule has 0 fully saturated rings. The molecule has 0 unspecified atom stereocenters. The topological polar surface area (TPSA) is 43.1 Å². The normalized spacial score (nSPS) is 11.5. The van der Waals surface area contributed by atoms with E-state index < -0.39 is 17.5 Å². The van der Waals surface area contributed by atoms with Crippen LogP contribution in [0.4, 0.5) is 18.9 Å². The molecule has 6 heteroatoms. The van der Waals surface area contributed by atoms with Crippen molar-refractivity contribution < 1.29 is 18.0 Å². The highest BCUT2D eigenvalue weighted by Crippen LogP contribution is 2.31. The minimum absolute atomic E-state index is 0.113. The van der Waals surface area contributed by atoms with Gasteiger partial charge in [-0.25, -0.2) is 0 Å². The number of hydrogen-bond acceptors (Lipinski definition) is 2. The number of anilines is 1. The van der Waals surface area contributed by atoms with Crippen LogP contribution in [0.2, 0.25) is 0 Å². The number of halogens is 4. The maximum Gasteiger partial charge on any atom is 0.416 e. The summed E-state index contributed by atoms with van der Waals surface area (Å²) in [5.74, 6) is -0.963. The second kappa shape index (κ2) is 4.10. The van der Waals surface area contributed by atoms with E-state index in [0.717, 1.165) is 12.1 Å². The molecule has 0 aliphatic rings. The lowest BCUT2D eigenvalue weighted by molar-refractivity contribution is -0.137. The highest BCUT2D eigenvalue weighted by Gasteiger charge is 2.31. The van der Waals surface area contributed by atoms with Gasteiger partial charge in [-0.15, -0.1) is 11.6 Å². The van der Waals surface area contributed by atoms with Crippen LogP contribution >= 0.6 is 11.6 Å². The third kappa shape index (κ3) is 2.86. The molecule has 2 N–H and O–H groups in total. The van der Waals surface area contributed by atoms with Crippen LogP contribution in [0.1, 0.15) is 15.9 Å². The molecule has 0 aromatic heterocycles. The molecule has 0 bridgehead atoms. The predicted octanol–water partition coefficient (Wildman–Crippen LogP) is 2.71. The van der Waals surface area contributed by atoms with E-state index in [1.807, 2.05) is 0 Å². The number of carbonyl (C=O) groups excluding carboxylic acids is 1. The number of benzene rings is 1. The van der Waals surface area contributed by atoms with Crippen LogP contribution in [0.3, 0.4) is 0 Å². The molecule has 0 radical (unpaired) electrons. The molecule has 15 heavy (non-hydrogen) atoms. The fraction of sp³-hybridized carbons (Fsp3) is 0.222. The minimum atomic E-state index is -4.52. The zero-order valence-corrected chi connectivity index (χ0v) is 8.19. The van der Waals surface area contributed by atoms with Gasteiger partial charge in [-0.2, -0.15) is 13.2 Å². The van der Waals surface area contributed by atoms with Gasteiger partial charge in [0.15, 0.2) is 5.78 Å². The van der Waals surface area contributed by atoms with Gasteiger partial charge in [0.25, 0.3) is 0 Å². The molecule has 0 spiro atoms. The molecule has 0 aliphatic heterocycles. The summed E-state index contributed by atoms with van der Waals surface area (Å²) in [4.78, 5) is 11.1. The van der Waals surface area contributed by atoms with Gasteiger partial charge in [-0.1, -0.05) is 0 Å². The number of nitrogen functional groups attached to an aromatic ring is 1. The predicted molar refractivity (Wildman–Crippen MR) is 50.9 cm³/mol. The van der Waals surface area contributed by atoms with Gasteiger partial charge in [0.05, 0.1) is 11.4 Å². The lowest BCUT2D eigenvalue weighted by Crippen LogP contribution is -2.09. The molecule has 0 heterocycles. The van der Waals surface area contributed by atoms with Crippen LogP contribution in [0, 0.1) is 0 Å². The Morgan fingerprint density at radius 1 is 1.33 bits per heavy atom. The van der Waals surface area contributed by atoms with Crippen molar-refractivity contribution in [2.75, 3.05) is 11.6 Å². The van der Waals surface area contributed by atoms with Crippen molar-refractivity contribution in [3.8, 4) is 0 Å². The van der Waals surface area contributed by atoms with Gasteiger partial charge < -0.3 is 5.73 Å². The molecule has 82 valence electrons. The van der Waals surface area contributed by atoms with Crippen molar-refractivity contribution in [2.45, 2.75) is 6.18 Å². The zero-order chi connectivity index (χ0) is 11.6. The van der Waals surface area contributed by atoms with E-state index in [1.54, 1.807) is 0 Å². The Kier molecular flexibility index (Phi) is 3.24. The monoisotopic (exact) mass is 237 g/mol. The van der Waals surface area contributed by atoms with Crippen molar-refractivity contribution in [3.05, 3.63) is 29.3 Å². The molecule has 0 saturated carbocycles. The number of carbonyl (C=O) groups is 1. The summed E-state index contributed by atoms with van der Waals surface area (Å²) in [5.41, 5.74) is 4.06. The SMILES string of the molecule is Nc1cc(C(=O)CCl)cc(C(F)(F)F)c1. The highest BCUT2D eigenvalue weighted by molar-refractivity contribution is 6.30. The summed E-state index contributed by atoms with van der Waals surface area (Å²) in [5, 5.41) is 0. The third-order valence-electron chi connectivity index (χ3n) is 1.73. The van der Waals surface area contributed by atoms with E-state index in [4.69, 9.17) is 17.3 Å². The number of rotatable bonds is 2. The summed E-state index contributed by atoms with van der Waals surface area (Å²) in [7, 11) is 0. The van der Waals surface area contributed by atoms with Crippen LogP contribution in [-0.4, -0.2) is 11.7 Å². The molecule has 0 saturated heterocycles. The fourth-order valence-electron chi connectivity index (χ4n) is 1.05. The van der Waals surface area contributed by atoms with E-state index in [1.165, 1.54) is 6.07 Å². The Morgan fingerprint density at radius 2 is 1.93 bits per heavy atom. The average molecular weight is 238 g/mol. The van der Waals surface area contributed by atoms with Gasteiger partial charge in [-0.05, 0) is 18.2 Å². The number of hydrogen-bond donors (Lipinski definition) is 1. The summed E-state index contributed by atoms with van der Waals surface area (Å²) in [6.07, 6.45) is -4.52.